The molecule has 7 nitrogen and oxygen atoms in total. The summed E-state index contributed by atoms with van der Waals surface area (Å²) >= 11 is 6.30. The Labute approximate surface area is 185 Å². The van der Waals surface area contributed by atoms with Gasteiger partial charge < -0.3 is 34.6 Å². The van der Waals surface area contributed by atoms with Crippen molar-refractivity contribution in [3.63, 3.8) is 0 Å². The van der Waals surface area contributed by atoms with Crippen LogP contribution in [0.2, 0.25) is 5.02 Å². The van der Waals surface area contributed by atoms with Gasteiger partial charge in [0.05, 0.1) is 13.2 Å². The average Bonchev–Trinajstić information content (AvgIpc) is 3.13. The molecule has 0 radical (unpaired) electrons. The molecule has 2 bridgehead atoms. The van der Waals surface area contributed by atoms with Crippen molar-refractivity contribution in [2.75, 3.05) is 13.2 Å². The third-order valence-electron chi connectivity index (χ3n) is 5.73. The van der Waals surface area contributed by atoms with E-state index in [2.05, 4.69) is 4.74 Å². The van der Waals surface area contributed by atoms with Crippen LogP contribution in [-0.2, 0) is 21.7 Å². The molecule has 5 atom stereocenters. The highest BCUT2D eigenvalue weighted by molar-refractivity contribution is 6.31. The van der Waals surface area contributed by atoms with Gasteiger partial charge in [-0.15, -0.1) is 13.2 Å². The Kier molecular flexibility index (Phi) is 5.91. The fourth-order valence-corrected chi connectivity index (χ4v) is 4.22. The summed E-state index contributed by atoms with van der Waals surface area (Å²) in [7, 11) is 0. The van der Waals surface area contributed by atoms with Gasteiger partial charge in [0.25, 0.3) is 0 Å². The molecule has 2 saturated heterocycles. The van der Waals surface area contributed by atoms with E-state index in [1.807, 2.05) is 0 Å². The van der Waals surface area contributed by atoms with E-state index in [9.17, 15) is 33.6 Å². The van der Waals surface area contributed by atoms with Crippen molar-refractivity contribution < 1.29 is 47.8 Å². The zero-order valence-electron chi connectivity index (χ0n) is 16.4. The predicted molar refractivity (Wildman–Crippen MR) is 104 cm³/mol. The maximum absolute atomic E-state index is 12.3. The summed E-state index contributed by atoms with van der Waals surface area (Å²) in [5, 5.41) is 41.3. The number of hydrogen-bond acceptors (Lipinski definition) is 7. The Hall–Kier alpha value is -1.92. The second-order valence-electron chi connectivity index (χ2n) is 7.84. The Morgan fingerprint density at radius 2 is 1.75 bits per heavy atom. The quantitative estimate of drug-likeness (QED) is 0.521. The summed E-state index contributed by atoms with van der Waals surface area (Å²) < 4.78 is 52.4. The summed E-state index contributed by atoms with van der Waals surface area (Å²) in [5.41, 5.74) is -0.131. The van der Waals surface area contributed by atoms with E-state index in [0.29, 0.717) is 21.7 Å². The van der Waals surface area contributed by atoms with Crippen LogP contribution in [0.15, 0.2) is 42.5 Å². The van der Waals surface area contributed by atoms with Gasteiger partial charge in [-0.05, 0) is 41.8 Å². The summed E-state index contributed by atoms with van der Waals surface area (Å²) in [4.78, 5) is 0. The van der Waals surface area contributed by atoms with Crippen molar-refractivity contribution >= 4 is 11.6 Å². The molecule has 11 heteroatoms. The second kappa shape index (κ2) is 8.14. The lowest BCUT2D eigenvalue weighted by atomic mass is 9.83. The van der Waals surface area contributed by atoms with Crippen LogP contribution in [0.1, 0.15) is 16.7 Å². The van der Waals surface area contributed by atoms with Crippen molar-refractivity contribution in [2.45, 2.75) is 42.5 Å². The topological polar surface area (TPSA) is 109 Å². The zero-order chi connectivity index (χ0) is 23.3. The number of aliphatic hydroxyl groups excluding tert-OH is 4. The highest BCUT2D eigenvalue weighted by Gasteiger charge is 2.67. The average molecular weight is 477 g/mol. The SMILES string of the molecule is OC[C@]12COC(c3ccc(Cl)c(Cc4ccc(OC(F)(F)F)cc4)c3)(O1)[C@H](O)[C@@H](O)[C@@H]2O. The zero-order valence-corrected chi connectivity index (χ0v) is 17.2. The molecule has 4 rings (SSSR count). The first kappa shape index (κ1) is 23.2. The second-order valence-corrected chi connectivity index (χ2v) is 8.24. The smallest absolute Gasteiger partial charge is 0.406 e. The molecule has 1 unspecified atom stereocenters. The Morgan fingerprint density at radius 1 is 1.06 bits per heavy atom. The minimum Gasteiger partial charge on any atom is -0.406 e. The summed E-state index contributed by atoms with van der Waals surface area (Å²) in [5.74, 6) is -2.20. The highest BCUT2D eigenvalue weighted by Crippen LogP contribution is 2.49. The van der Waals surface area contributed by atoms with Crippen LogP contribution in [0.3, 0.4) is 0 Å². The normalized spacial score (nSPS) is 32.2. The van der Waals surface area contributed by atoms with Crippen LogP contribution in [0.5, 0.6) is 5.75 Å². The van der Waals surface area contributed by atoms with E-state index in [1.165, 1.54) is 36.4 Å². The van der Waals surface area contributed by atoms with Gasteiger partial charge in [0.1, 0.15) is 29.7 Å². The molecule has 0 amide bonds. The lowest BCUT2D eigenvalue weighted by Gasteiger charge is -2.46. The monoisotopic (exact) mass is 476 g/mol. The summed E-state index contributed by atoms with van der Waals surface area (Å²) in [6.07, 6.45) is -9.43. The van der Waals surface area contributed by atoms with Gasteiger partial charge in [0, 0.05) is 10.6 Å². The lowest BCUT2D eigenvalue weighted by Crippen LogP contribution is -2.65. The van der Waals surface area contributed by atoms with Gasteiger partial charge in [-0.2, -0.15) is 0 Å². The summed E-state index contributed by atoms with van der Waals surface area (Å²) in [6, 6.07) is 9.89. The first-order chi connectivity index (χ1) is 15.0. The number of alkyl halides is 3. The molecule has 2 fully saturated rings. The van der Waals surface area contributed by atoms with E-state index >= 15 is 0 Å². The van der Waals surface area contributed by atoms with Crippen molar-refractivity contribution in [1.29, 1.82) is 0 Å². The van der Waals surface area contributed by atoms with Crippen molar-refractivity contribution in [1.82, 2.24) is 0 Å². The molecule has 2 aliphatic rings. The standard InChI is InChI=1S/C21H20ClF3O7/c22-15-6-3-13(20-18(29)16(27)17(28)19(9-26,32-20)10-30-20)8-12(15)7-11-1-4-14(5-2-11)31-21(23,24)25/h1-6,8,16-18,26-29H,7,9-10H2/t16-,17-,18+,19+,20?/m0/s1. The molecule has 2 aromatic carbocycles. The third kappa shape index (κ3) is 3.96. The number of rotatable bonds is 5. The van der Waals surface area contributed by atoms with Crippen LogP contribution in [0.25, 0.3) is 0 Å². The molecule has 0 spiro atoms. The third-order valence-corrected chi connectivity index (χ3v) is 6.10. The van der Waals surface area contributed by atoms with Gasteiger partial charge in [-0.1, -0.05) is 29.8 Å². The maximum atomic E-state index is 12.3. The minimum absolute atomic E-state index is 0.224. The van der Waals surface area contributed by atoms with Crippen LogP contribution >= 0.6 is 11.6 Å². The molecule has 0 aliphatic carbocycles. The molecule has 2 aliphatic heterocycles. The minimum atomic E-state index is -4.79. The Balaban J connectivity index is 1.62. The highest BCUT2D eigenvalue weighted by atomic mass is 35.5. The molecule has 4 N–H and O–H groups in total. The number of halogens is 4. The van der Waals surface area contributed by atoms with E-state index in [4.69, 9.17) is 21.1 Å². The van der Waals surface area contributed by atoms with Crippen molar-refractivity contribution in [3.05, 3.63) is 64.2 Å². The molecule has 0 saturated carbocycles. The molecule has 2 heterocycles. The van der Waals surface area contributed by atoms with Gasteiger partial charge in [-0.25, -0.2) is 0 Å². The molecule has 174 valence electrons. The first-order valence-corrected chi connectivity index (χ1v) is 10.0. The van der Waals surface area contributed by atoms with E-state index in [-0.39, 0.29) is 18.8 Å². The molecule has 2 aromatic rings. The number of benzene rings is 2. The fourth-order valence-electron chi connectivity index (χ4n) is 4.03. The number of aliphatic hydroxyl groups is 4. The largest absolute Gasteiger partial charge is 0.573 e. The Bertz CT molecular complexity index is 986. The van der Waals surface area contributed by atoms with Crippen molar-refractivity contribution in [3.8, 4) is 5.75 Å². The number of ether oxygens (including phenoxy) is 3. The van der Waals surface area contributed by atoms with Crippen LogP contribution in [0.4, 0.5) is 13.2 Å². The molecule has 0 aromatic heterocycles. The van der Waals surface area contributed by atoms with Gasteiger partial charge in [0.2, 0.25) is 5.79 Å². The lowest BCUT2D eigenvalue weighted by molar-refractivity contribution is -0.329. The van der Waals surface area contributed by atoms with Gasteiger partial charge >= 0.3 is 6.36 Å². The molecule has 32 heavy (non-hydrogen) atoms. The first-order valence-electron chi connectivity index (χ1n) is 9.62. The van der Waals surface area contributed by atoms with Crippen LogP contribution < -0.4 is 4.74 Å². The van der Waals surface area contributed by atoms with E-state index in [0.717, 1.165) is 0 Å². The van der Waals surface area contributed by atoms with E-state index in [1.54, 1.807) is 6.07 Å². The number of hydrogen-bond donors (Lipinski definition) is 4. The molecular weight excluding hydrogens is 457 g/mol. The van der Waals surface area contributed by atoms with Gasteiger partial charge in [-0.3, -0.25) is 0 Å². The number of fused-ring (bicyclic) bond motifs is 2. The fraction of sp³-hybridized carbons (Fsp3) is 0.429. The Morgan fingerprint density at radius 3 is 2.38 bits per heavy atom. The predicted octanol–water partition coefficient (Wildman–Crippen LogP) is 1.86. The molecular formula is C21H20ClF3O7. The maximum Gasteiger partial charge on any atom is 0.573 e. The van der Waals surface area contributed by atoms with Crippen LogP contribution in [0, 0.1) is 0 Å². The van der Waals surface area contributed by atoms with E-state index < -0.39 is 42.7 Å². The van der Waals surface area contributed by atoms with Gasteiger partial charge in [0.15, 0.2) is 0 Å². The summed E-state index contributed by atoms with van der Waals surface area (Å²) in [6.45, 7) is -0.913. The van der Waals surface area contributed by atoms with Crippen molar-refractivity contribution in [2.24, 2.45) is 0 Å². The van der Waals surface area contributed by atoms with Crippen LogP contribution in [-0.4, -0.2) is 63.9 Å².